The number of ether oxygens (including phenoxy) is 2. The zero-order valence-corrected chi connectivity index (χ0v) is 15.7. The Hall–Kier alpha value is -2.22. The van der Waals surface area contributed by atoms with Crippen LogP contribution in [0.25, 0.3) is 0 Å². The van der Waals surface area contributed by atoms with E-state index in [1.165, 1.54) is 12.0 Å². The first-order valence-corrected chi connectivity index (χ1v) is 8.83. The molecule has 0 aliphatic carbocycles. The van der Waals surface area contributed by atoms with Crippen molar-refractivity contribution in [2.24, 2.45) is 5.92 Å². The summed E-state index contributed by atoms with van der Waals surface area (Å²) < 4.78 is 37.3. The summed E-state index contributed by atoms with van der Waals surface area (Å²) in [4.78, 5) is 37.3. The van der Waals surface area contributed by atoms with Crippen molar-refractivity contribution < 1.29 is 32.6 Å². The van der Waals surface area contributed by atoms with Gasteiger partial charge in [-0.3, -0.25) is 9.59 Å². The predicted molar refractivity (Wildman–Crippen MR) is 92.2 cm³/mol. The minimum Gasteiger partial charge on any atom is -0.466 e. The number of benzene rings is 1. The maximum Gasteiger partial charge on any atom is 0.409 e. The van der Waals surface area contributed by atoms with Gasteiger partial charge in [-0.1, -0.05) is 11.6 Å². The minimum atomic E-state index is -0.962. The third kappa shape index (κ3) is 4.94. The molecule has 0 aromatic heterocycles. The molecule has 2 rings (SSSR count). The second-order valence-corrected chi connectivity index (χ2v) is 6.53. The molecule has 0 bridgehead atoms. The Balaban J connectivity index is 2.27. The van der Waals surface area contributed by atoms with Gasteiger partial charge in [-0.15, -0.1) is 0 Å². The number of esters is 1. The monoisotopic (exact) mass is 403 g/mol. The summed E-state index contributed by atoms with van der Waals surface area (Å²) in [6, 6.07) is 1.28. The number of ketones is 1. The quantitative estimate of drug-likeness (QED) is 0.426. The first kappa shape index (κ1) is 21.1. The van der Waals surface area contributed by atoms with Gasteiger partial charge in [-0.2, -0.15) is 0 Å². The number of rotatable bonds is 5. The van der Waals surface area contributed by atoms with Crippen LogP contribution >= 0.6 is 11.6 Å². The van der Waals surface area contributed by atoms with Gasteiger partial charge in [0.05, 0.1) is 19.8 Å². The van der Waals surface area contributed by atoms with Gasteiger partial charge < -0.3 is 14.4 Å². The van der Waals surface area contributed by atoms with Crippen molar-refractivity contribution in [2.75, 3.05) is 20.3 Å². The Morgan fingerprint density at radius 1 is 1.26 bits per heavy atom. The van der Waals surface area contributed by atoms with Crippen LogP contribution in [0.1, 0.15) is 37.8 Å². The molecule has 6 nitrogen and oxygen atoms in total. The molecule has 0 N–H and O–H groups in total. The molecule has 2 atom stereocenters. The van der Waals surface area contributed by atoms with E-state index in [4.69, 9.17) is 21.1 Å². The highest BCUT2D eigenvalue weighted by atomic mass is 35.5. The van der Waals surface area contributed by atoms with E-state index in [1.807, 2.05) is 0 Å². The van der Waals surface area contributed by atoms with E-state index in [2.05, 4.69) is 0 Å². The third-order valence-electron chi connectivity index (χ3n) is 4.48. The number of likely N-dealkylation sites (tertiary alicyclic amines) is 1. The standard InChI is InChI=1S/C18H20ClF2NO5/c1-3-27-16(24)9-15(23)10-4-5-22(18(25)26-2)14(8-10)11-6-12(20)17(19)13(21)7-11/h6-7,10,14H,3-5,8-9H2,1-2H3/t10-,14+/m0/s1. The van der Waals surface area contributed by atoms with Gasteiger partial charge in [0.25, 0.3) is 0 Å². The summed E-state index contributed by atoms with van der Waals surface area (Å²) in [5, 5.41) is -0.644. The Morgan fingerprint density at radius 2 is 1.89 bits per heavy atom. The average Bonchev–Trinajstić information content (AvgIpc) is 2.64. The smallest absolute Gasteiger partial charge is 0.409 e. The zero-order chi connectivity index (χ0) is 20.1. The number of nitrogens with zero attached hydrogens (tertiary/aromatic N) is 1. The normalized spacial score (nSPS) is 19.5. The van der Waals surface area contributed by atoms with Crippen LogP contribution in [-0.4, -0.2) is 43.0 Å². The maximum absolute atomic E-state index is 13.9. The van der Waals surface area contributed by atoms with Crippen LogP contribution in [0.15, 0.2) is 12.1 Å². The van der Waals surface area contributed by atoms with Crippen molar-refractivity contribution in [1.82, 2.24) is 4.90 Å². The van der Waals surface area contributed by atoms with Gasteiger partial charge >= 0.3 is 12.1 Å². The predicted octanol–water partition coefficient (Wildman–Crippen LogP) is 3.66. The summed E-state index contributed by atoms with van der Waals surface area (Å²) in [6.07, 6.45) is -0.643. The van der Waals surface area contributed by atoms with E-state index in [1.54, 1.807) is 6.92 Å². The molecule has 0 spiro atoms. The number of carbonyl (C=O) groups excluding carboxylic acids is 3. The average molecular weight is 404 g/mol. The van der Waals surface area contributed by atoms with Crippen LogP contribution in [0, 0.1) is 17.6 Å². The van der Waals surface area contributed by atoms with Gasteiger partial charge in [-0.25, -0.2) is 13.6 Å². The van der Waals surface area contributed by atoms with E-state index < -0.39 is 40.7 Å². The Bertz CT molecular complexity index is 719. The Labute approximate surface area is 160 Å². The number of halogens is 3. The van der Waals surface area contributed by atoms with Gasteiger partial charge in [0.1, 0.15) is 28.9 Å². The largest absolute Gasteiger partial charge is 0.466 e. The minimum absolute atomic E-state index is 0.105. The maximum atomic E-state index is 13.9. The van der Waals surface area contributed by atoms with E-state index >= 15 is 0 Å². The summed E-state index contributed by atoms with van der Waals surface area (Å²) >= 11 is 5.52. The molecule has 0 radical (unpaired) electrons. The lowest BCUT2D eigenvalue weighted by molar-refractivity contribution is -0.146. The summed E-state index contributed by atoms with van der Waals surface area (Å²) in [7, 11) is 1.19. The van der Waals surface area contributed by atoms with Gasteiger partial charge in [0.15, 0.2) is 0 Å². The summed E-state index contributed by atoms with van der Waals surface area (Å²) in [5.74, 6) is -3.44. The third-order valence-corrected chi connectivity index (χ3v) is 4.84. The second kappa shape index (κ2) is 9.12. The number of amides is 1. The van der Waals surface area contributed by atoms with Crippen LogP contribution < -0.4 is 0 Å². The Kier molecular flexibility index (Phi) is 7.12. The number of hydrogen-bond donors (Lipinski definition) is 0. The Morgan fingerprint density at radius 3 is 2.44 bits per heavy atom. The number of methoxy groups -OCH3 is 1. The van der Waals surface area contributed by atoms with Gasteiger partial charge in [0, 0.05) is 12.5 Å². The van der Waals surface area contributed by atoms with Crippen molar-refractivity contribution in [2.45, 2.75) is 32.2 Å². The van der Waals surface area contributed by atoms with Crippen LogP contribution in [-0.2, 0) is 19.1 Å². The van der Waals surface area contributed by atoms with Crippen LogP contribution in [0.4, 0.5) is 13.6 Å². The first-order valence-electron chi connectivity index (χ1n) is 8.45. The highest BCUT2D eigenvalue weighted by Gasteiger charge is 2.37. The SMILES string of the molecule is CCOC(=O)CC(=O)[C@H]1CCN(C(=O)OC)[C@@H](c2cc(F)c(Cl)c(F)c2)C1. The van der Waals surface area contributed by atoms with E-state index in [-0.39, 0.29) is 37.3 Å². The van der Waals surface area contributed by atoms with Crippen molar-refractivity contribution in [3.8, 4) is 0 Å². The highest BCUT2D eigenvalue weighted by molar-refractivity contribution is 6.30. The van der Waals surface area contributed by atoms with E-state index in [0.717, 1.165) is 12.1 Å². The molecule has 1 saturated heterocycles. The van der Waals surface area contributed by atoms with Gasteiger partial charge in [-0.05, 0) is 37.5 Å². The van der Waals surface area contributed by atoms with Crippen LogP contribution in [0.2, 0.25) is 5.02 Å². The molecule has 1 fully saturated rings. The van der Waals surface area contributed by atoms with Crippen LogP contribution in [0.5, 0.6) is 0 Å². The summed E-state index contributed by atoms with van der Waals surface area (Å²) in [6.45, 7) is 1.94. The number of carbonyl (C=O) groups is 3. The molecule has 1 amide bonds. The fraction of sp³-hybridized carbons (Fsp3) is 0.500. The number of hydrogen-bond acceptors (Lipinski definition) is 5. The summed E-state index contributed by atoms with van der Waals surface area (Å²) in [5.41, 5.74) is 0.161. The second-order valence-electron chi connectivity index (χ2n) is 6.15. The molecule has 1 heterocycles. The first-order chi connectivity index (χ1) is 12.8. The van der Waals surface area contributed by atoms with Crippen molar-refractivity contribution in [3.05, 3.63) is 34.4 Å². The van der Waals surface area contributed by atoms with E-state index in [0.29, 0.717) is 6.42 Å². The molecule has 1 aliphatic rings. The van der Waals surface area contributed by atoms with Gasteiger partial charge in [0.2, 0.25) is 0 Å². The lowest BCUT2D eigenvalue weighted by atomic mass is 9.84. The molecule has 27 heavy (non-hydrogen) atoms. The zero-order valence-electron chi connectivity index (χ0n) is 15.0. The lowest BCUT2D eigenvalue weighted by Crippen LogP contribution is -2.43. The molecule has 9 heteroatoms. The van der Waals surface area contributed by atoms with Crippen LogP contribution in [0.3, 0.4) is 0 Å². The fourth-order valence-electron chi connectivity index (χ4n) is 3.18. The molecule has 0 unspecified atom stereocenters. The molecular weight excluding hydrogens is 384 g/mol. The lowest BCUT2D eigenvalue weighted by Gasteiger charge is -2.38. The topological polar surface area (TPSA) is 72.9 Å². The number of piperidine rings is 1. The molecule has 1 aliphatic heterocycles. The fourth-order valence-corrected chi connectivity index (χ4v) is 3.28. The van der Waals surface area contributed by atoms with Crippen molar-refractivity contribution >= 4 is 29.4 Å². The van der Waals surface area contributed by atoms with E-state index in [9.17, 15) is 23.2 Å². The molecule has 148 valence electrons. The number of Topliss-reactive ketones (excluding diaryl/α,β-unsaturated/α-hetero) is 1. The molecule has 0 saturated carbocycles. The molecule has 1 aromatic carbocycles. The van der Waals surface area contributed by atoms with Crippen molar-refractivity contribution in [1.29, 1.82) is 0 Å². The van der Waals surface area contributed by atoms with Crippen molar-refractivity contribution in [3.63, 3.8) is 0 Å². The molecule has 1 aromatic rings. The molecular formula is C18H20ClF2NO5. The highest BCUT2D eigenvalue weighted by Crippen LogP contribution is 2.37.